The van der Waals surface area contributed by atoms with Crippen LogP contribution in [0.3, 0.4) is 0 Å². The predicted molar refractivity (Wildman–Crippen MR) is 57.5 cm³/mol. The Balaban J connectivity index is 3.08. The SMILES string of the molecule is Cc1cc(F)ccc1C(N)C(C)(C)C. The number of nitrogens with two attached hydrogens (primary N) is 1. The molecule has 1 aromatic carbocycles. The van der Waals surface area contributed by atoms with Gasteiger partial charge in [0.2, 0.25) is 0 Å². The van der Waals surface area contributed by atoms with Crippen LogP contribution in [-0.2, 0) is 0 Å². The molecule has 0 heterocycles. The highest BCUT2D eigenvalue weighted by Gasteiger charge is 2.23. The summed E-state index contributed by atoms with van der Waals surface area (Å²) in [5.41, 5.74) is 8.05. The molecular formula is C12H18FN. The lowest BCUT2D eigenvalue weighted by atomic mass is 9.81. The third-order valence-electron chi connectivity index (χ3n) is 2.50. The fourth-order valence-electron chi connectivity index (χ4n) is 1.45. The lowest BCUT2D eigenvalue weighted by molar-refractivity contribution is 0.326. The molecule has 0 amide bonds. The second-order valence-electron chi connectivity index (χ2n) is 4.84. The smallest absolute Gasteiger partial charge is 0.123 e. The largest absolute Gasteiger partial charge is 0.324 e. The Bertz CT molecular complexity index is 326. The Hall–Kier alpha value is -0.890. The van der Waals surface area contributed by atoms with Gasteiger partial charge in [0.05, 0.1) is 0 Å². The summed E-state index contributed by atoms with van der Waals surface area (Å²) in [5.74, 6) is -0.202. The van der Waals surface area contributed by atoms with Gasteiger partial charge >= 0.3 is 0 Å². The highest BCUT2D eigenvalue weighted by atomic mass is 19.1. The lowest BCUT2D eigenvalue weighted by Gasteiger charge is -2.28. The van der Waals surface area contributed by atoms with Crippen LogP contribution in [0.25, 0.3) is 0 Å². The topological polar surface area (TPSA) is 26.0 Å². The molecule has 0 saturated heterocycles. The van der Waals surface area contributed by atoms with Gasteiger partial charge in [-0.05, 0) is 35.6 Å². The maximum Gasteiger partial charge on any atom is 0.123 e. The molecule has 0 bridgehead atoms. The Labute approximate surface area is 85.1 Å². The zero-order valence-corrected chi connectivity index (χ0v) is 9.26. The van der Waals surface area contributed by atoms with Crippen molar-refractivity contribution in [2.24, 2.45) is 11.1 Å². The molecule has 0 aliphatic rings. The summed E-state index contributed by atoms with van der Waals surface area (Å²) in [7, 11) is 0. The van der Waals surface area contributed by atoms with Crippen molar-refractivity contribution in [3.8, 4) is 0 Å². The van der Waals surface area contributed by atoms with E-state index in [4.69, 9.17) is 5.73 Å². The van der Waals surface area contributed by atoms with Gasteiger partial charge in [0, 0.05) is 6.04 Å². The second kappa shape index (κ2) is 3.70. The molecule has 0 aliphatic carbocycles. The van der Waals surface area contributed by atoms with E-state index in [2.05, 4.69) is 20.8 Å². The minimum absolute atomic E-state index is 0.00257. The molecular weight excluding hydrogens is 177 g/mol. The van der Waals surface area contributed by atoms with Crippen LogP contribution in [0.5, 0.6) is 0 Å². The van der Waals surface area contributed by atoms with Gasteiger partial charge in [0.1, 0.15) is 5.82 Å². The first-order valence-electron chi connectivity index (χ1n) is 4.84. The van der Waals surface area contributed by atoms with E-state index in [-0.39, 0.29) is 17.3 Å². The average Bonchev–Trinajstić information content (AvgIpc) is 2.01. The standard InChI is InChI=1S/C12H18FN/c1-8-7-9(13)5-6-10(8)11(14)12(2,3)4/h5-7,11H,14H2,1-4H3. The van der Waals surface area contributed by atoms with Crippen molar-refractivity contribution in [3.63, 3.8) is 0 Å². The van der Waals surface area contributed by atoms with Crippen LogP contribution < -0.4 is 5.73 Å². The summed E-state index contributed by atoms with van der Waals surface area (Å²) in [5, 5.41) is 0. The highest BCUT2D eigenvalue weighted by molar-refractivity contribution is 5.30. The van der Waals surface area contributed by atoms with Crippen molar-refractivity contribution in [2.75, 3.05) is 0 Å². The number of aryl methyl sites for hydroxylation is 1. The van der Waals surface area contributed by atoms with Gasteiger partial charge in [-0.1, -0.05) is 26.8 Å². The summed E-state index contributed by atoms with van der Waals surface area (Å²) in [6, 6.07) is 4.72. The Morgan fingerprint density at radius 2 is 1.86 bits per heavy atom. The van der Waals surface area contributed by atoms with Crippen LogP contribution in [0, 0.1) is 18.2 Å². The molecule has 1 unspecified atom stereocenters. The van der Waals surface area contributed by atoms with Crippen molar-refractivity contribution in [3.05, 3.63) is 35.1 Å². The first kappa shape index (κ1) is 11.2. The average molecular weight is 195 g/mol. The van der Waals surface area contributed by atoms with Crippen molar-refractivity contribution in [1.82, 2.24) is 0 Å². The summed E-state index contributed by atoms with van der Waals surface area (Å²) in [6.45, 7) is 8.14. The summed E-state index contributed by atoms with van der Waals surface area (Å²) < 4.78 is 12.9. The molecule has 2 heteroatoms. The number of hydrogen-bond acceptors (Lipinski definition) is 1. The van der Waals surface area contributed by atoms with Gasteiger partial charge in [-0.15, -0.1) is 0 Å². The molecule has 0 radical (unpaired) electrons. The molecule has 0 aliphatic heterocycles. The van der Waals surface area contributed by atoms with Crippen molar-refractivity contribution >= 4 is 0 Å². The fourth-order valence-corrected chi connectivity index (χ4v) is 1.45. The van der Waals surface area contributed by atoms with Crippen LogP contribution in [0.1, 0.15) is 37.9 Å². The zero-order chi connectivity index (χ0) is 10.9. The second-order valence-corrected chi connectivity index (χ2v) is 4.84. The first-order chi connectivity index (χ1) is 6.32. The van der Waals surface area contributed by atoms with E-state index in [9.17, 15) is 4.39 Å². The van der Waals surface area contributed by atoms with E-state index >= 15 is 0 Å². The highest BCUT2D eigenvalue weighted by Crippen LogP contribution is 2.32. The Morgan fingerprint density at radius 1 is 1.29 bits per heavy atom. The molecule has 1 atom stereocenters. The lowest BCUT2D eigenvalue weighted by Crippen LogP contribution is -2.26. The van der Waals surface area contributed by atoms with Crippen LogP contribution in [0.4, 0.5) is 4.39 Å². The third kappa shape index (κ3) is 2.32. The predicted octanol–water partition coefficient (Wildman–Crippen LogP) is 3.18. The van der Waals surface area contributed by atoms with E-state index in [0.29, 0.717) is 0 Å². The quantitative estimate of drug-likeness (QED) is 0.731. The van der Waals surface area contributed by atoms with Gasteiger partial charge in [0.15, 0.2) is 0 Å². The maximum atomic E-state index is 12.9. The van der Waals surface area contributed by atoms with Crippen LogP contribution in [0.15, 0.2) is 18.2 Å². The van der Waals surface area contributed by atoms with Crippen molar-refractivity contribution in [1.29, 1.82) is 0 Å². The third-order valence-corrected chi connectivity index (χ3v) is 2.50. The fraction of sp³-hybridized carbons (Fsp3) is 0.500. The van der Waals surface area contributed by atoms with Crippen molar-refractivity contribution < 1.29 is 4.39 Å². The van der Waals surface area contributed by atoms with E-state index in [1.165, 1.54) is 12.1 Å². The molecule has 78 valence electrons. The molecule has 0 spiro atoms. The normalized spacial score (nSPS) is 14.1. The van der Waals surface area contributed by atoms with Gasteiger partial charge < -0.3 is 5.73 Å². The molecule has 0 fully saturated rings. The van der Waals surface area contributed by atoms with Crippen LogP contribution in [-0.4, -0.2) is 0 Å². The van der Waals surface area contributed by atoms with E-state index in [1.807, 2.05) is 6.92 Å². The maximum absolute atomic E-state index is 12.9. The Morgan fingerprint density at radius 3 is 2.29 bits per heavy atom. The minimum Gasteiger partial charge on any atom is -0.324 e. The van der Waals surface area contributed by atoms with Crippen LogP contribution >= 0.6 is 0 Å². The molecule has 0 saturated carbocycles. The Kier molecular flexibility index (Phi) is 2.95. The molecule has 2 N–H and O–H groups in total. The van der Waals surface area contributed by atoms with Crippen LogP contribution in [0.2, 0.25) is 0 Å². The van der Waals surface area contributed by atoms with Gasteiger partial charge in [-0.25, -0.2) is 4.39 Å². The summed E-state index contributed by atoms with van der Waals surface area (Å²) >= 11 is 0. The minimum atomic E-state index is -0.202. The zero-order valence-electron chi connectivity index (χ0n) is 9.26. The number of benzene rings is 1. The first-order valence-corrected chi connectivity index (χ1v) is 4.84. The van der Waals surface area contributed by atoms with E-state index < -0.39 is 0 Å². The monoisotopic (exact) mass is 195 g/mol. The summed E-state index contributed by atoms with van der Waals surface area (Å²) in [4.78, 5) is 0. The van der Waals surface area contributed by atoms with E-state index in [0.717, 1.165) is 11.1 Å². The number of halogens is 1. The van der Waals surface area contributed by atoms with Crippen molar-refractivity contribution in [2.45, 2.75) is 33.7 Å². The number of rotatable bonds is 1. The van der Waals surface area contributed by atoms with Gasteiger partial charge in [-0.3, -0.25) is 0 Å². The van der Waals surface area contributed by atoms with E-state index in [1.54, 1.807) is 6.07 Å². The molecule has 1 aromatic rings. The molecule has 0 aromatic heterocycles. The molecule has 1 rings (SSSR count). The van der Waals surface area contributed by atoms with Gasteiger partial charge in [0.25, 0.3) is 0 Å². The summed E-state index contributed by atoms with van der Waals surface area (Å²) in [6.07, 6.45) is 0. The molecule has 1 nitrogen and oxygen atoms in total. The number of hydrogen-bond donors (Lipinski definition) is 1. The molecule has 14 heavy (non-hydrogen) atoms. The van der Waals surface area contributed by atoms with Gasteiger partial charge in [-0.2, -0.15) is 0 Å².